The molecular weight excluding hydrogens is 224 g/mol. The van der Waals surface area contributed by atoms with E-state index in [1.54, 1.807) is 0 Å². The van der Waals surface area contributed by atoms with E-state index in [1.165, 1.54) is 5.56 Å². The standard InChI is InChI=1S/C15H20N2O/c1-4-17-8-7-13(10-17)9-16-14-6-5-11(2)15(18)12(14)3/h5-8,10,16,18H,4,9H2,1-3H3. The number of hydrogen-bond acceptors (Lipinski definition) is 2. The van der Waals surface area contributed by atoms with Gasteiger partial charge in [0, 0.05) is 36.7 Å². The van der Waals surface area contributed by atoms with Gasteiger partial charge in [0.05, 0.1) is 0 Å². The quantitative estimate of drug-likeness (QED) is 0.864. The molecule has 2 rings (SSSR count). The van der Waals surface area contributed by atoms with Gasteiger partial charge in [-0.15, -0.1) is 0 Å². The molecule has 0 atom stereocenters. The van der Waals surface area contributed by atoms with E-state index >= 15 is 0 Å². The first-order valence-corrected chi connectivity index (χ1v) is 6.29. The zero-order valence-electron chi connectivity index (χ0n) is 11.2. The van der Waals surface area contributed by atoms with Crippen molar-refractivity contribution in [2.45, 2.75) is 33.9 Å². The van der Waals surface area contributed by atoms with Gasteiger partial charge < -0.3 is 15.0 Å². The summed E-state index contributed by atoms with van der Waals surface area (Å²) in [7, 11) is 0. The SMILES string of the molecule is CCn1ccc(CNc2ccc(C)c(O)c2C)c1. The van der Waals surface area contributed by atoms with Crippen LogP contribution in [0.5, 0.6) is 5.75 Å². The third-order valence-corrected chi connectivity index (χ3v) is 3.29. The van der Waals surface area contributed by atoms with Gasteiger partial charge in [-0.3, -0.25) is 0 Å². The highest BCUT2D eigenvalue weighted by Crippen LogP contribution is 2.28. The van der Waals surface area contributed by atoms with E-state index in [1.807, 2.05) is 26.0 Å². The van der Waals surface area contributed by atoms with E-state index < -0.39 is 0 Å². The molecule has 0 bridgehead atoms. The number of aromatic nitrogens is 1. The Morgan fingerprint density at radius 2 is 2.00 bits per heavy atom. The fourth-order valence-electron chi connectivity index (χ4n) is 2.02. The fourth-order valence-corrected chi connectivity index (χ4v) is 2.02. The number of hydrogen-bond donors (Lipinski definition) is 2. The lowest BCUT2D eigenvalue weighted by atomic mass is 10.1. The maximum atomic E-state index is 9.88. The predicted octanol–water partition coefficient (Wildman–Crippen LogP) is 3.44. The Morgan fingerprint density at radius 1 is 1.22 bits per heavy atom. The number of benzene rings is 1. The van der Waals surface area contributed by atoms with Crippen molar-refractivity contribution in [2.24, 2.45) is 0 Å². The zero-order chi connectivity index (χ0) is 13.1. The Hall–Kier alpha value is -1.90. The van der Waals surface area contributed by atoms with Gasteiger partial charge in [-0.2, -0.15) is 0 Å². The molecule has 0 amide bonds. The number of nitrogens with one attached hydrogen (secondary N) is 1. The summed E-state index contributed by atoms with van der Waals surface area (Å²) in [4.78, 5) is 0. The molecule has 0 spiro atoms. The van der Waals surface area contributed by atoms with Gasteiger partial charge >= 0.3 is 0 Å². The molecule has 1 aromatic heterocycles. The molecule has 18 heavy (non-hydrogen) atoms. The lowest BCUT2D eigenvalue weighted by molar-refractivity contribution is 0.467. The molecule has 3 nitrogen and oxygen atoms in total. The minimum absolute atomic E-state index is 0.381. The van der Waals surface area contributed by atoms with Crippen molar-refractivity contribution in [3.05, 3.63) is 47.3 Å². The van der Waals surface area contributed by atoms with Crippen LogP contribution in [-0.4, -0.2) is 9.67 Å². The van der Waals surface area contributed by atoms with Crippen molar-refractivity contribution in [3.63, 3.8) is 0 Å². The molecule has 0 fully saturated rings. The zero-order valence-corrected chi connectivity index (χ0v) is 11.2. The van der Waals surface area contributed by atoms with Gasteiger partial charge in [-0.05, 0) is 44.0 Å². The Labute approximate surface area is 108 Å². The number of aryl methyl sites for hydroxylation is 2. The van der Waals surface area contributed by atoms with Gasteiger partial charge in [-0.1, -0.05) is 6.07 Å². The van der Waals surface area contributed by atoms with E-state index in [2.05, 4.69) is 35.3 Å². The van der Waals surface area contributed by atoms with E-state index in [0.29, 0.717) is 5.75 Å². The van der Waals surface area contributed by atoms with Crippen LogP contribution in [0.25, 0.3) is 0 Å². The molecule has 2 N–H and O–H groups in total. The molecule has 0 unspecified atom stereocenters. The summed E-state index contributed by atoms with van der Waals surface area (Å²) in [5.41, 5.74) is 4.05. The van der Waals surface area contributed by atoms with Crippen LogP contribution in [0.3, 0.4) is 0 Å². The van der Waals surface area contributed by atoms with Crippen LogP contribution in [-0.2, 0) is 13.1 Å². The maximum absolute atomic E-state index is 9.88. The maximum Gasteiger partial charge on any atom is 0.123 e. The molecule has 96 valence electrons. The van der Waals surface area contributed by atoms with Gasteiger partial charge in [0.25, 0.3) is 0 Å². The number of aromatic hydroxyl groups is 1. The number of rotatable bonds is 4. The van der Waals surface area contributed by atoms with Crippen LogP contribution in [0.15, 0.2) is 30.6 Å². The first kappa shape index (κ1) is 12.6. The van der Waals surface area contributed by atoms with Crippen molar-refractivity contribution < 1.29 is 5.11 Å². The minimum atomic E-state index is 0.381. The second-order valence-electron chi connectivity index (χ2n) is 4.61. The molecule has 0 aliphatic rings. The van der Waals surface area contributed by atoms with Gasteiger partial charge in [0.15, 0.2) is 0 Å². The average Bonchev–Trinajstić information content (AvgIpc) is 2.83. The van der Waals surface area contributed by atoms with Crippen LogP contribution >= 0.6 is 0 Å². The summed E-state index contributed by atoms with van der Waals surface area (Å²) in [6, 6.07) is 6.06. The lowest BCUT2D eigenvalue weighted by Gasteiger charge is -2.11. The van der Waals surface area contributed by atoms with Gasteiger partial charge in [0.2, 0.25) is 0 Å². The Balaban J connectivity index is 2.08. The molecule has 0 saturated heterocycles. The summed E-state index contributed by atoms with van der Waals surface area (Å²) in [5.74, 6) is 0.381. The van der Waals surface area contributed by atoms with Gasteiger partial charge in [-0.25, -0.2) is 0 Å². The summed E-state index contributed by atoms with van der Waals surface area (Å²) in [6.07, 6.45) is 4.22. The molecule has 0 aliphatic heterocycles. The summed E-state index contributed by atoms with van der Waals surface area (Å²) < 4.78 is 2.15. The van der Waals surface area contributed by atoms with E-state index in [4.69, 9.17) is 0 Å². The Bertz CT molecular complexity index is 543. The molecule has 2 aromatic rings. The minimum Gasteiger partial charge on any atom is -0.507 e. The first-order valence-electron chi connectivity index (χ1n) is 6.29. The number of nitrogens with zero attached hydrogens (tertiary/aromatic N) is 1. The number of phenols is 1. The highest BCUT2D eigenvalue weighted by Gasteiger charge is 2.05. The smallest absolute Gasteiger partial charge is 0.123 e. The molecule has 0 radical (unpaired) electrons. The van der Waals surface area contributed by atoms with E-state index in [9.17, 15) is 5.11 Å². The molecular formula is C15H20N2O. The van der Waals surface area contributed by atoms with Crippen molar-refractivity contribution >= 4 is 5.69 Å². The molecule has 3 heteroatoms. The fraction of sp³-hybridized carbons (Fsp3) is 0.333. The van der Waals surface area contributed by atoms with Crippen molar-refractivity contribution in [3.8, 4) is 5.75 Å². The predicted molar refractivity (Wildman–Crippen MR) is 75.0 cm³/mol. The van der Waals surface area contributed by atoms with Crippen molar-refractivity contribution in [2.75, 3.05) is 5.32 Å². The summed E-state index contributed by atoms with van der Waals surface area (Å²) >= 11 is 0. The average molecular weight is 244 g/mol. The van der Waals surface area contributed by atoms with Crippen LogP contribution in [0.2, 0.25) is 0 Å². The van der Waals surface area contributed by atoms with Crippen LogP contribution in [0.1, 0.15) is 23.6 Å². The van der Waals surface area contributed by atoms with Crippen molar-refractivity contribution in [1.82, 2.24) is 4.57 Å². The van der Waals surface area contributed by atoms with E-state index in [0.717, 1.165) is 29.9 Å². The molecule has 0 aliphatic carbocycles. The monoisotopic (exact) mass is 244 g/mol. The van der Waals surface area contributed by atoms with Crippen LogP contribution in [0, 0.1) is 13.8 Å². The molecule has 0 saturated carbocycles. The van der Waals surface area contributed by atoms with Crippen molar-refractivity contribution in [1.29, 1.82) is 0 Å². The number of phenolic OH excluding ortho intramolecular Hbond substituents is 1. The van der Waals surface area contributed by atoms with Crippen LogP contribution in [0.4, 0.5) is 5.69 Å². The number of anilines is 1. The molecule has 1 heterocycles. The highest BCUT2D eigenvalue weighted by molar-refractivity contribution is 5.59. The van der Waals surface area contributed by atoms with Crippen LogP contribution < -0.4 is 5.32 Å². The van der Waals surface area contributed by atoms with E-state index in [-0.39, 0.29) is 0 Å². The third-order valence-electron chi connectivity index (χ3n) is 3.29. The molecule has 1 aromatic carbocycles. The summed E-state index contributed by atoms with van der Waals surface area (Å²) in [5, 5.41) is 13.2. The summed E-state index contributed by atoms with van der Waals surface area (Å²) in [6.45, 7) is 7.73. The lowest BCUT2D eigenvalue weighted by Crippen LogP contribution is -2.01. The third kappa shape index (κ3) is 2.50. The Morgan fingerprint density at radius 3 is 2.67 bits per heavy atom. The normalized spacial score (nSPS) is 10.6. The Kier molecular flexibility index (Phi) is 3.60. The topological polar surface area (TPSA) is 37.2 Å². The highest BCUT2D eigenvalue weighted by atomic mass is 16.3. The largest absolute Gasteiger partial charge is 0.507 e. The van der Waals surface area contributed by atoms with Gasteiger partial charge in [0.1, 0.15) is 5.75 Å². The second-order valence-corrected chi connectivity index (χ2v) is 4.61. The first-order chi connectivity index (χ1) is 8.61. The second kappa shape index (κ2) is 5.17.